The van der Waals surface area contributed by atoms with Crippen molar-refractivity contribution in [2.24, 2.45) is 0 Å². The monoisotopic (exact) mass is 279 g/mol. The van der Waals surface area contributed by atoms with Crippen LogP contribution in [0.2, 0.25) is 0 Å². The molecular formula is C17H17N3O. The van der Waals surface area contributed by atoms with Crippen molar-refractivity contribution in [2.75, 3.05) is 12.4 Å². The predicted octanol–water partition coefficient (Wildman–Crippen LogP) is 4.00. The van der Waals surface area contributed by atoms with Crippen molar-refractivity contribution in [3.05, 3.63) is 53.9 Å². The summed E-state index contributed by atoms with van der Waals surface area (Å²) in [6.45, 7) is 4.12. The number of benzene rings is 1. The Morgan fingerprint density at radius 1 is 1.00 bits per heavy atom. The molecule has 3 aromatic rings. The van der Waals surface area contributed by atoms with Crippen molar-refractivity contribution >= 4 is 22.4 Å². The number of aryl methyl sites for hydroxylation is 1. The highest BCUT2D eigenvalue weighted by Gasteiger charge is 2.10. The van der Waals surface area contributed by atoms with E-state index in [4.69, 9.17) is 4.74 Å². The van der Waals surface area contributed by atoms with Gasteiger partial charge in [0.25, 0.3) is 0 Å². The summed E-state index contributed by atoms with van der Waals surface area (Å²) in [6, 6.07) is 9.82. The number of ether oxygens (including phenoxy) is 1. The summed E-state index contributed by atoms with van der Waals surface area (Å²) in [5.74, 6) is 0.870. The molecule has 0 aliphatic heterocycles. The second-order valence-corrected chi connectivity index (χ2v) is 4.94. The first kappa shape index (κ1) is 13.4. The van der Waals surface area contributed by atoms with Gasteiger partial charge in [-0.25, -0.2) is 0 Å². The second-order valence-electron chi connectivity index (χ2n) is 4.94. The molecule has 0 spiro atoms. The van der Waals surface area contributed by atoms with Crippen LogP contribution in [0.15, 0.2) is 42.7 Å². The number of nitrogens with zero attached hydrogens (tertiary/aromatic N) is 2. The highest BCUT2D eigenvalue weighted by molar-refractivity contribution is 5.90. The van der Waals surface area contributed by atoms with Gasteiger partial charge in [0, 0.05) is 23.6 Å². The van der Waals surface area contributed by atoms with Crippen molar-refractivity contribution < 1.29 is 4.74 Å². The number of methoxy groups -OCH3 is 1. The Balaban J connectivity index is 2.11. The van der Waals surface area contributed by atoms with Gasteiger partial charge in [-0.3, -0.25) is 9.97 Å². The Bertz CT molecular complexity index is 794. The molecule has 4 heteroatoms. The number of hydrogen-bond donors (Lipinski definition) is 1. The lowest BCUT2D eigenvalue weighted by atomic mass is 10.1. The van der Waals surface area contributed by atoms with Crippen LogP contribution in [-0.4, -0.2) is 17.1 Å². The highest BCUT2D eigenvalue weighted by atomic mass is 16.5. The maximum Gasteiger partial charge on any atom is 0.123 e. The van der Waals surface area contributed by atoms with Crippen LogP contribution in [0.1, 0.15) is 11.1 Å². The van der Waals surface area contributed by atoms with Crippen molar-refractivity contribution in [1.82, 2.24) is 9.97 Å². The summed E-state index contributed by atoms with van der Waals surface area (Å²) in [5, 5.41) is 3.48. The van der Waals surface area contributed by atoms with Crippen LogP contribution in [-0.2, 0) is 0 Å². The fourth-order valence-electron chi connectivity index (χ4n) is 2.46. The van der Waals surface area contributed by atoms with Gasteiger partial charge in [0.1, 0.15) is 11.3 Å². The summed E-state index contributed by atoms with van der Waals surface area (Å²) in [5.41, 5.74) is 5.97. The van der Waals surface area contributed by atoms with Gasteiger partial charge in [-0.2, -0.15) is 0 Å². The van der Waals surface area contributed by atoms with E-state index in [0.717, 1.165) is 39.3 Å². The van der Waals surface area contributed by atoms with Crippen molar-refractivity contribution in [3.63, 3.8) is 0 Å². The minimum Gasteiger partial charge on any atom is -0.496 e. The molecule has 0 aliphatic rings. The zero-order valence-electron chi connectivity index (χ0n) is 12.3. The van der Waals surface area contributed by atoms with E-state index in [2.05, 4.69) is 22.2 Å². The molecule has 0 amide bonds. The molecular weight excluding hydrogens is 262 g/mol. The third-order valence-electron chi connectivity index (χ3n) is 3.60. The first-order chi connectivity index (χ1) is 10.2. The summed E-state index contributed by atoms with van der Waals surface area (Å²) >= 11 is 0. The standard InChI is InChI=1S/C17H17N3O/c1-11-6-7-15(21-3)12(2)16(11)20-14-8-10-18-13-5-4-9-19-17(13)14/h4-10H,1-3H3,(H,18,20). The lowest BCUT2D eigenvalue weighted by Crippen LogP contribution is -2.00. The molecule has 1 N–H and O–H groups in total. The van der Waals surface area contributed by atoms with Gasteiger partial charge in [-0.05, 0) is 43.7 Å². The van der Waals surface area contributed by atoms with E-state index < -0.39 is 0 Å². The van der Waals surface area contributed by atoms with Gasteiger partial charge in [0.2, 0.25) is 0 Å². The first-order valence-electron chi connectivity index (χ1n) is 6.81. The summed E-state index contributed by atoms with van der Waals surface area (Å²) in [6.07, 6.45) is 3.57. The molecule has 0 atom stereocenters. The predicted molar refractivity (Wildman–Crippen MR) is 85.3 cm³/mol. The normalized spacial score (nSPS) is 10.6. The first-order valence-corrected chi connectivity index (χ1v) is 6.81. The van der Waals surface area contributed by atoms with Gasteiger partial charge in [-0.15, -0.1) is 0 Å². The molecule has 2 aromatic heterocycles. The van der Waals surface area contributed by atoms with Crippen LogP contribution in [0.3, 0.4) is 0 Å². The maximum atomic E-state index is 5.40. The van der Waals surface area contributed by atoms with E-state index in [9.17, 15) is 0 Å². The molecule has 21 heavy (non-hydrogen) atoms. The van der Waals surface area contributed by atoms with E-state index in [1.54, 1.807) is 19.5 Å². The lowest BCUT2D eigenvalue weighted by Gasteiger charge is -2.16. The van der Waals surface area contributed by atoms with Crippen LogP contribution in [0, 0.1) is 13.8 Å². The number of pyridine rings is 2. The average Bonchev–Trinajstić information content (AvgIpc) is 2.52. The molecule has 1 aromatic carbocycles. The number of hydrogen-bond acceptors (Lipinski definition) is 4. The van der Waals surface area contributed by atoms with Crippen molar-refractivity contribution in [3.8, 4) is 5.75 Å². The van der Waals surface area contributed by atoms with Gasteiger partial charge in [-0.1, -0.05) is 6.07 Å². The summed E-state index contributed by atoms with van der Waals surface area (Å²) in [4.78, 5) is 8.76. The molecule has 0 fully saturated rings. The van der Waals surface area contributed by atoms with E-state index in [0.29, 0.717) is 0 Å². The number of aromatic nitrogens is 2. The fourth-order valence-corrected chi connectivity index (χ4v) is 2.46. The Morgan fingerprint density at radius 2 is 1.86 bits per heavy atom. The number of rotatable bonds is 3. The van der Waals surface area contributed by atoms with Gasteiger partial charge in [0.15, 0.2) is 0 Å². The number of nitrogens with one attached hydrogen (secondary N) is 1. The van der Waals surface area contributed by atoms with Crippen LogP contribution >= 0.6 is 0 Å². The zero-order valence-corrected chi connectivity index (χ0v) is 12.3. The van der Waals surface area contributed by atoms with E-state index in [1.165, 1.54) is 0 Å². The highest BCUT2D eigenvalue weighted by Crippen LogP contribution is 2.32. The van der Waals surface area contributed by atoms with E-state index >= 15 is 0 Å². The van der Waals surface area contributed by atoms with Crippen LogP contribution in [0.4, 0.5) is 11.4 Å². The SMILES string of the molecule is COc1ccc(C)c(Nc2ccnc3cccnc23)c1C. The molecule has 106 valence electrons. The minimum atomic E-state index is 0.863. The van der Waals surface area contributed by atoms with Crippen molar-refractivity contribution in [1.29, 1.82) is 0 Å². The van der Waals surface area contributed by atoms with Gasteiger partial charge < -0.3 is 10.1 Å². The zero-order chi connectivity index (χ0) is 14.8. The van der Waals surface area contributed by atoms with Crippen molar-refractivity contribution in [2.45, 2.75) is 13.8 Å². The number of fused-ring (bicyclic) bond motifs is 1. The number of anilines is 2. The molecule has 0 bridgehead atoms. The van der Waals surface area contributed by atoms with E-state index in [1.807, 2.05) is 37.3 Å². The Morgan fingerprint density at radius 3 is 2.67 bits per heavy atom. The second kappa shape index (κ2) is 5.40. The molecule has 0 aliphatic carbocycles. The van der Waals surface area contributed by atoms with Gasteiger partial charge >= 0.3 is 0 Å². The average molecular weight is 279 g/mol. The molecule has 0 saturated carbocycles. The van der Waals surface area contributed by atoms with Crippen LogP contribution in [0.5, 0.6) is 5.75 Å². The third kappa shape index (κ3) is 2.40. The molecule has 0 saturated heterocycles. The topological polar surface area (TPSA) is 47.0 Å². The maximum absolute atomic E-state index is 5.40. The largest absolute Gasteiger partial charge is 0.496 e. The molecule has 4 nitrogen and oxygen atoms in total. The smallest absolute Gasteiger partial charge is 0.123 e. The summed E-state index contributed by atoms with van der Waals surface area (Å²) < 4.78 is 5.40. The lowest BCUT2D eigenvalue weighted by molar-refractivity contribution is 0.412. The fraction of sp³-hybridized carbons (Fsp3) is 0.176. The van der Waals surface area contributed by atoms with Crippen LogP contribution < -0.4 is 10.1 Å². The third-order valence-corrected chi connectivity index (χ3v) is 3.60. The van der Waals surface area contributed by atoms with Gasteiger partial charge in [0.05, 0.1) is 18.3 Å². The Labute approximate surface area is 123 Å². The Hall–Kier alpha value is -2.62. The quantitative estimate of drug-likeness (QED) is 0.787. The molecule has 0 radical (unpaired) electrons. The minimum absolute atomic E-state index is 0.863. The molecule has 3 rings (SSSR count). The summed E-state index contributed by atoms with van der Waals surface area (Å²) in [7, 11) is 1.69. The Kier molecular flexibility index (Phi) is 3.44. The molecule has 2 heterocycles. The van der Waals surface area contributed by atoms with Crippen LogP contribution in [0.25, 0.3) is 11.0 Å². The molecule has 0 unspecified atom stereocenters. The van der Waals surface area contributed by atoms with E-state index in [-0.39, 0.29) is 0 Å².